The van der Waals surface area contributed by atoms with Crippen LogP contribution < -0.4 is 0 Å². The molecule has 0 aliphatic carbocycles. The van der Waals surface area contributed by atoms with Gasteiger partial charge in [0, 0.05) is 0 Å². The monoisotopic (exact) mass is 606 g/mol. The second kappa shape index (κ2) is 29.3. The minimum atomic E-state index is 0. The maximum Gasteiger partial charge on any atom is 2.00 e. The van der Waals surface area contributed by atoms with Gasteiger partial charge in [0.2, 0.25) is 0 Å². The van der Waals surface area contributed by atoms with Crippen molar-refractivity contribution in [2.24, 2.45) is 0 Å². The van der Waals surface area contributed by atoms with Crippen LogP contribution in [0, 0.1) is 0 Å². The quantitative estimate of drug-likeness (QED) is 0.0599. The Morgan fingerprint density at radius 2 is 0.951 bits per heavy atom. The summed E-state index contributed by atoms with van der Waals surface area (Å²) in [5.41, 5.74) is 8.36. The van der Waals surface area contributed by atoms with E-state index in [1.54, 1.807) is 27.8 Å². The van der Waals surface area contributed by atoms with Crippen LogP contribution in [0.4, 0.5) is 0 Å². The molecule has 0 amide bonds. The molecule has 0 heterocycles. The van der Waals surface area contributed by atoms with Crippen LogP contribution in [0.25, 0.3) is 0 Å². The Morgan fingerprint density at radius 3 is 1.49 bits per heavy atom. The summed E-state index contributed by atoms with van der Waals surface area (Å²) < 4.78 is 0. The van der Waals surface area contributed by atoms with E-state index < -0.39 is 0 Å². The molecule has 0 N–H and O–H groups in total. The summed E-state index contributed by atoms with van der Waals surface area (Å²) in [6.45, 7) is 11.5. The third-order valence-corrected chi connectivity index (χ3v) is 8.75. The van der Waals surface area contributed by atoms with Gasteiger partial charge in [-0.2, -0.15) is 46.0 Å². The van der Waals surface area contributed by atoms with Crippen molar-refractivity contribution < 1.29 is 17.1 Å². The Labute approximate surface area is 269 Å². The molecule has 0 atom stereocenters. The van der Waals surface area contributed by atoms with Crippen LogP contribution >= 0.6 is 0 Å². The smallest absolute Gasteiger partial charge is 0.210 e. The molecule has 0 unspecified atom stereocenters. The largest absolute Gasteiger partial charge is 2.00 e. The summed E-state index contributed by atoms with van der Waals surface area (Å²) in [5, 5.41) is 0. The average Bonchev–Trinajstić information content (AvgIpc) is 3.58. The molecule has 0 aromatic heterocycles. The minimum Gasteiger partial charge on any atom is -0.210 e. The molecular formula is C40H70Fe. The predicted octanol–water partition coefficient (Wildman–Crippen LogP) is 13.4. The van der Waals surface area contributed by atoms with E-state index in [4.69, 9.17) is 0 Å². The molecule has 0 aliphatic heterocycles. The normalized spacial score (nSPS) is 10.9. The molecule has 41 heavy (non-hydrogen) atoms. The van der Waals surface area contributed by atoms with Crippen LogP contribution in [0.15, 0.2) is 30.3 Å². The van der Waals surface area contributed by atoms with Gasteiger partial charge in [-0.3, -0.25) is 0 Å². The molecule has 0 radical (unpaired) electrons. The molecule has 0 aliphatic rings. The van der Waals surface area contributed by atoms with Crippen LogP contribution in [-0.2, 0) is 49.2 Å². The predicted molar refractivity (Wildman–Crippen MR) is 183 cm³/mol. The van der Waals surface area contributed by atoms with E-state index in [1.165, 1.54) is 161 Å². The van der Waals surface area contributed by atoms with E-state index in [-0.39, 0.29) is 17.1 Å². The minimum absolute atomic E-state index is 0. The second-order valence-electron chi connectivity index (χ2n) is 12.5. The second-order valence-corrected chi connectivity index (χ2v) is 12.5. The van der Waals surface area contributed by atoms with Crippen molar-refractivity contribution in [1.29, 1.82) is 0 Å². The molecule has 0 saturated heterocycles. The van der Waals surface area contributed by atoms with Gasteiger partial charge in [0.25, 0.3) is 0 Å². The summed E-state index contributed by atoms with van der Waals surface area (Å²) in [6, 6.07) is 11.8. The average molecular weight is 607 g/mol. The Balaban J connectivity index is 0.000000794. The Bertz CT molecular complexity index is 723. The molecule has 0 bridgehead atoms. The van der Waals surface area contributed by atoms with Crippen LogP contribution in [-0.4, -0.2) is 0 Å². The molecule has 0 saturated carbocycles. The summed E-state index contributed by atoms with van der Waals surface area (Å²) in [4.78, 5) is 0. The molecule has 1 heteroatoms. The first-order valence-corrected chi connectivity index (χ1v) is 18.2. The number of aryl methyl sites for hydroxylation is 4. The standard InChI is InChI=1S/C23H41.C17H29.Fe/c1-4-7-10-13-16-21-19-20-22(17-14-11-8-5-2)23(21)18-15-12-9-6-3;1-3-5-7-9-12-16-14-11-15-17(16)13-10-8-6-4-2;/h19-20H,4-18H2,1-3H3;11,14-15H,3-10,12-13H2,1-2H3;/q2*-1;+2. The Hall–Kier alpha value is -0.781. The Morgan fingerprint density at radius 1 is 0.488 bits per heavy atom. The number of hydrogen-bond acceptors (Lipinski definition) is 0. The molecule has 2 aromatic carbocycles. The zero-order valence-electron chi connectivity index (χ0n) is 28.4. The van der Waals surface area contributed by atoms with Crippen LogP contribution in [0.1, 0.15) is 191 Å². The molecule has 0 nitrogen and oxygen atoms in total. The van der Waals surface area contributed by atoms with E-state index in [2.05, 4.69) is 65.0 Å². The van der Waals surface area contributed by atoms with Gasteiger partial charge in [-0.15, -0.1) is 0 Å². The number of unbranched alkanes of at least 4 members (excludes halogenated alkanes) is 15. The van der Waals surface area contributed by atoms with Crippen molar-refractivity contribution in [1.82, 2.24) is 0 Å². The van der Waals surface area contributed by atoms with Crippen molar-refractivity contribution in [2.45, 2.75) is 195 Å². The van der Waals surface area contributed by atoms with Crippen molar-refractivity contribution in [3.63, 3.8) is 0 Å². The summed E-state index contributed by atoms with van der Waals surface area (Å²) in [5.74, 6) is 0. The number of rotatable bonds is 25. The van der Waals surface area contributed by atoms with Crippen molar-refractivity contribution in [3.8, 4) is 0 Å². The maximum atomic E-state index is 2.45. The number of hydrogen-bond donors (Lipinski definition) is 0. The van der Waals surface area contributed by atoms with E-state index in [0.29, 0.717) is 0 Å². The van der Waals surface area contributed by atoms with E-state index in [9.17, 15) is 0 Å². The van der Waals surface area contributed by atoms with Gasteiger partial charge in [0.1, 0.15) is 0 Å². The maximum absolute atomic E-state index is 2.45. The summed E-state index contributed by atoms with van der Waals surface area (Å²) in [6.07, 6.45) is 34.2. The van der Waals surface area contributed by atoms with Crippen LogP contribution in [0.2, 0.25) is 0 Å². The topological polar surface area (TPSA) is 0 Å². The van der Waals surface area contributed by atoms with Gasteiger partial charge in [-0.05, 0) is 0 Å². The zero-order valence-corrected chi connectivity index (χ0v) is 29.5. The molecule has 2 rings (SSSR count). The van der Waals surface area contributed by atoms with Gasteiger partial charge < -0.3 is 0 Å². The first kappa shape index (κ1) is 40.2. The van der Waals surface area contributed by atoms with Gasteiger partial charge >= 0.3 is 17.1 Å². The molecule has 0 fully saturated rings. The Kier molecular flexibility index (Phi) is 28.7. The van der Waals surface area contributed by atoms with Crippen molar-refractivity contribution in [2.75, 3.05) is 0 Å². The van der Waals surface area contributed by atoms with Gasteiger partial charge in [0.05, 0.1) is 0 Å². The summed E-state index contributed by atoms with van der Waals surface area (Å²) >= 11 is 0. The van der Waals surface area contributed by atoms with E-state index >= 15 is 0 Å². The van der Waals surface area contributed by atoms with Gasteiger partial charge in [-0.25, -0.2) is 12.1 Å². The first-order valence-electron chi connectivity index (χ1n) is 18.2. The van der Waals surface area contributed by atoms with Gasteiger partial charge in [0.15, 0.2) is 0 Å². The van der Waals surface area contributed by atoms with Gasteiger partial charge in [-0.1, -0.05) is 195 Å². The fourth-order valence-corrected chi connectivity index (χ4v) is 6.08. The molecule has 0 spiro atoms. The van der Waals surface area contributed by atoms with E-state index in [1.807, 2.05) is 0 Å². The van der Waals surface area contributed by atoms with Crippen LogP contribution in [0.5, 0.6) is 0 Å². The first-order chi connectivity index (χ1) is 19.7. The molecular weight excluding hydrogens is 536 g/mol. The third kappa shape index (κ3) is 19.9. The SMILES string of the molecule is CCCCCCc1cc[c-](CCCCCC)c1CCCCCC.CCCCCCc1cc[cH-]c1CCCCCC.[Fe+2]. The van der Waals surface area contributed by atoms with E-state index in [0.717, 1.165) is 0 Å². The van der Waals surface area contributed by atoms with Crippen molar-refractivity contribution in [3.05, 3.63) is 58.1 Å². The fourth-order valence-electron chi connectivity index (χ4n) is 6.08. The summed E-state index contributed by atoms with van der Waals surface area (Å²) in [7, 11) is 0. The fraction of sp³-hybridized carbons (Fsp3) is 0.750. The molecule has 2 aromatic rings. The van der Waals surface area contributed by atoms with Crippen LogP contribution in [0.3, 0.4) is 0 Å². The third-order valence-electron chi connectivity index (χ3n) is 8.75. The zero-order chi connectivity index (χ0) is 29.1. The van der Waals surface area contributed by atoms with Crippen molar-refractivity contribution >= 4 is 0 Å². The molecule has 238 valence electrons.